The maximum atomic E-state index is 12.5. The second kappa shape index (κ2) is 4.91. The van der Waals surface area contributed by atoms with Crippen molar-refractivity contribution in [1.82, 2.24) is 14.7 Å². The largest absolute Gasteiger partial charge is 0.493 e. The van der Waals surface area contributed by atoms with Crippen LogP contribution in [0, 0.1) is 0 Å². The third-order valence-electron chi connectivity index (χ3n) is 3.99. The highest BCUT2D eigenvalue weighted by Crippen LogP contribution is 2.30. The van der Waals surface area contributed by atoms with Crippen molar-refractivity contribution < 1.29 is 13.9 Å². The first-order valence-corrected chi connectivity index (χ1v) is 7.11. The summed E-state index contributed by atoms with van der Waals surface area (Å²) in [5.74, 6) is 0.884. The Labute approximate surface area is 126 Å². The molecular weight excluding hydrogens is 282 g/mol. The van der Waals surface area contributed by atoms with Crippen LogP contribution in [0.5, 0.6) is 5.75 Å². The van der Waals surface area contributed by atoms with E-state index >= 15 is 0 Å². The van der Waals surface area contributed by atoms with Gasteiger partial charge in [0.25, 0.3) is 5.91 Å². The second-order valence-corrected chi connectivity index (χ2v) is 5.34. The number of benzene rings is 1. The Bertz CT molecular complexity index is 816. The van der Waals surface area contributed by atoms with Crippen molar-refractivity contribution in [3.05, 3.63) is 48.5 Å². The minimum Gasteiger partial charge on any atom is -0.493 e. The number of aromatic nitrogens is 2. The number of ether oxygens (including phenoxy) is 1. The Morgan fingerprint density at radius 2 is 2.23 bits per heavy atom. The van der Waals surface area contributed by atoms with E-state index < -0.39 is 0 Å². The Balaban J connectivity index is 1.54. The van der Waals surface area contributed by atoms with Gasteiger partial charge in [-0.1, -0.05) is 12.1 Å². The van der Waals surface area contributed by atoms with Crippen molar-refractivity contribution in [2.24, 2.45) is 0 Å². The number of furan rings is 1. The normalized spacial score (nSPS) is 15.0. The fourth-order valence-corrected chi connectivity index (χ4v) is 2.74. The maximum Gasteiger partial charge on any atom is 0.289 e. The summed E-state index contributed by atoms with van der Waals surface area (Å²) < 4.78 is 12.8. The summed E-state index contributed by atoms with van der Waals surface area (Å²) in [6.07, 6.45) is 3.66. The van der Waals surface area contributed by atoms with Crippen molar-refractivity contribution in [3.8, 4) is 5.75 Å². The van der Waals surface area contributed by atoms with E-state index in [1.54, 1.807) is 24.3 Å². The topological polar surface area (TPSA) is 60.5 Å². The van der Waals surface area contributed by atoms with Gasteiger partial charge in [-0.3, -0.25) is 9.48 Å². The molecule has 112 valence electrons. The molecule has 22 heavy (non-hydrogen) atoms. The molecule has 1 aliphatic rings. The molecule has 2 aromatic heterocycles. The zero-order chi connectivity index (χ0) is 15.1. The van der Waals surface area contributed by atoms with E-state index in [1.165, 1.54) is 0 Å². The number of carbonyl (C=O) groups is 1. The van der Waals surface area contributed by atoms with Gasteiger partial charge >= 0.3 is 0 Å². The third-order valence-corrected chi connectivity index (χ3v) is 3.99. The van der Waals surface area contributed by atoms with Crippen molar-refractivity contribution in [2.45, 2.75) is 6.04 Å². The quantitative estimate of drug-likeness (QED) is 0.744. The lowest BCUT2D eigenvalue weighted by atomic mass is 10.1. The molecule has 3 aromatic rings. The van der Waals surface area contributed by atoms with Crippen LogP contribution in [0.3, 0.4) is 0 Å². The molecule has 0 bridgehead atoms. The number of hydrogen-bond donors (Lipinski definition) is 0. The lowest BCUT2D eigenvalue weighted by Gasteiger charge is -2.38. The molecule has 1 aromatic carbocycles. The molecule has 1 aliphatic heterocycles. The van der Waals surface area contributed by atoms with E-state index in [0.29, 0.717) is 30.2 Å². The summed E-state index contributed by atoms with van der Waals surface area (Å²) in [6, 6.07) is 9.50. The number of fused-ring (bicyclic) bond motifs is 1. The lowest BCUT2D eigenvalue weighted by molar-refractivity contribution is 0.0472. The SMILES string of the molecule is COc1cccc2cc(C(=O)N3CC(n4cccn4)C3)oc12. The van der Waals surface area contributed by atoms with Crippen LogP contribution in [0.25, 0.3) is 11.0 Å². The van der Waals surface area contributed by atoms with Gasteiger partial charge in [-0.15, -0.1) is 0 Å². The fourth-order valence-electron chi connectivity index (χ4n) is 2.74. The fraction of sp³-hybridized carbons (Fsp3) is 0.250. The maximum absolute atomic E-state index is 12.5. The number of hydrogen-bond acceptors (Lipinski definition) is 4. The first-order valence-electron chi connectivity index (χ1n) is 7.11. The number of carbonyl (C=O) groups excluding carboxylic acids is 1. The van der Waals surface area contributed by atoms with Crippen LogP contribution < -0.4 is 4.74 Å². The van der Waals surface area contributed by atoms with Crippen LogP contribution in [0.1, 0.15) is 16.6 Å². The minimum atomic E-state index is -0.0957. The molecule has 0 saturated carbocycles. The molecule has 1 fully saturated rings. The third kappa shape index (κ3) is 1.95. The van der Waals surface area contributed by atoms with E-state index in [0.717, 1.165) is 5.39 Å². The summed E-state index contributed by atoms with van der Waals surface area (Å²) in [7, 11) is 1.59. The first kappa shape index (κ1) is 12.9. The summed E-state index contributed by atoms with van der Waals surface area (Å²) in [4.78, 5) is 14.2. The molecule has 6 heteroatoms. The average molecular weight is 297 g/mol. The molecule has 0 atom stereocenters. The van der Waals surface area contributed by atoms with Crippen LogP contribution in [-0.2, 0) is 0 Å². The predicted molar refractivity (Wildman–Crippen MR) is 79.9 cm³/mol. The van der Waals surface area contributed by atoms with Gasteiger partial charge in [0, 0.05) is 30.9 Å². The van der Waals surface area contributed by atoms with Crippen LogP contribution in [0.15, 0.2) is 47.1 Å². The number of amides is 1. The zero-order valence-corrected chi connectivity index (χ0v) is 12.1. The number of nitrogens with zero attached hydrogens (tertiary/aromatic N) is 3. The molecule has 0 spiro atoms. The number of likely N-dealkylation sites (tertiary alicyclic amines) is 1. The Kier molecular flexibility index (Phi) is 2.89. The molecule has 1 saturated heterocycles. The van der Waals surface area contributed by atoms with Gasteiger partial charge in [-0.2, -0.15) is 5.10 Å². The lowest BCUT2D eigenvalue weighted by Crippen LogP contribution is -2.50. The van der Waals surface area contributed by atoms with Crippen molar-refractivity contribution in [1.29, 1.82) is 0 Å². The summed E-state index contributed by atoms with van der Waals surface area (Å²) >= 11 is 0. The molecule has 6 nitrogen and oxygen atoms in total. The van der Waals surface area contributed by atoms with Crippen molar-refractivity contribution in [2.75, 3.05) is 20.2 Å². The van der Waals surface area contributed by atoms with Gasteiger partial charge in [0.2, 0.25) is 0 Å². The highest BCUT2D eigenvalue weighted by molar-refractivity contribution is 5.97. The molecule has 0 N–H and O–H groups in total. The minimum absolute atomic E-state index is 0.0957. The van der Waals surface area contributed by atoms with E-state index in [1.807, 2.05) is 35.1 Å². The van der Waals surface area contributed by atoms with Gasteiger partial charge < -0.3 is 14.1 Å². The van der Waals surface area contributed by atoms with Crippen LogP contribution in [0.4, 0.5) is 0 Å². The van der Waals surface area contributed by atoms with Gasteiger partial charge in [0.05, 0.1) is 13.2 Å². The molecular formula is C16H15N3O3. The van der Waals surface area contributed by atoms with E-state index in [9.17, 15) is 4.79 Å². The molecule has 1 amide bonds. The molecule has 0 unspecified atom stereocenters. The molecule has 0 radical (unpaired) electrons. The Morgan fingerprint density at radius 1 is 1.36 bits per heavy atom. The van der Waals surface area contributed by atoms with Crippen LogP contribution >= 0.6 is 0 Å². The summed E-state index contributed by atoms with van der Waals surface area (Å²) in [5.41, 5.74) is 0.609. The molecule has 0 aliphatic carbocycles. The zero-order valence-electron chi connectivity index (χ0n) is 12.1. The van der Waals surface area contributed by atoms with E-state index in [-0.39, 0.29) is 11.9 Å². The van der Waals surface area contributed by atoms with Crippen LogP contribution in [0.2, 0.25) is 0 Å². The van der Waals surface area contributed by atoms with Crippen molar-refractivity contribution in [3.63, 3.8) is 0 Å². The van der Waals surface area contributed by atoms with Gasteiger partial charge in [0.1, 0.15) is 0 Å². The van der Waals surface area contributed by atoms with Gasteiger partial charge in [-0.25, -0.2) is 0 Å². The standard InChI is InChI=1S/C16H15N3O3/c1-21-13-5-2-4-11-8-14(22-15(11)13)16(20)18-9-12(10-18)19-7-3-6-17-19/h2-8,12H,9-10H2,1H3. The smallest absolute Gasteiger partial charge is 0.289 e. The second-order valence-electron chi connectivity index (χ2n) is 5.34. The highest BCUT2D eigenvalue weighted by Gasteiger charge is 2.34. The number of rotatable bonds is 3. The van der Waals surface area contributed by atoms with Gasteiger partial charge in [0.15, 0.2) is 17.1 Å². The van der Waals surface area contributed by atoms with Crippen LogP contribution in [-0.4, -0.2) is 40.8 Å². The molecule has 4 rings (SSSR count). The Morgan fingerprint density at radius 3 is 2.95 bits per heavy atom. The monoisotopic (exact) mass is 297 g/mol. The summed E-state index contributed by atoms with van der Waals surface area (Å²) in [6.45, 7) is 1.30. The molecule has 3 heterocycles. The Hall–Kier alpha value is -2.76. The van der Waals surface area contributed by atoms with Gasteiger partial charge in [-0.05, 0) is 18.2 Å². The first-order chi connectivity index (χ1) is 10.8. The van der Waals surface area contributed by atoms with E-state index in [4.69, 9.17) is 9.15 Å². The average Bonchev–Trinajstić information content (AvgIpc) is 3.14. The van der Waals surface area contributed by atoms with Crippen molar-refractivity contribution >= 4 is 16.9 Å². The number of para-hydroxylation sites is 1. The number of methoxy groups -OCH3 is 1. The summed E-state index contributed by atoms with van der Waals surface area (Å²) in [5, 5.41) is 5.07. The predicted octanol–water partition coefficient (Wildman–Crippen LogP) is 2.33. The van der Waals surface area contributed by atoms with E-state index in [2.05, 4.69) is 5.10 Å². The highest BCUT2D eigenvalue weighted by atomic mass is 16.5.